The molecule has 0 saturated heterocycles. The van der Waals surface area contributed by atoms with Crippen LogP contribution in [0.15, 0.2) is 12.4 Å². The zero-order valence-corrected chi connectivity index (χ0v) is 9.84. The summed E-state index contributed by atoms with van der Waals surface area (Å²) in [4.78, 5) is 4.33. The number of aryl methyl sites for hydroxylation is 1. The summed E-state index contributed by atoms with van der Waals surface area (Å²) in [6.07, 6.45) is 8.15. The first-order valence-electron chi connectivity index (χ1n) is 6.16. The molecule has 0 bridgehead atoms. The summed E-state index contributed by atoms with van der Waals surface area (Å²) in [5.41, 5.74) is 6.18. The molecular weight excluding hydrogens is 202 g/mol. The van der Waals surface area contributed by atoms with E-state index in [1.807, 2.05) is 6.20 Å². The topological polar surface area (TPSA) is 64.1 Å². The lowest BCUT2D eigenvalue weighted by Gasteiger charge is -2.24. The molecule has 2 atom stereocenters. The number of aromatic nitrogens is 2. The maximum Gasteiger partial charge on any atom is 0.109 e. The van der Waals surface area contributed by atoms with Crippen LogP contribution in [-0.4, -0.2) is 27.3 Å². The summed E-state index contributed by atoms with van der Waals surface area (Å²) in [6, 6.07) is 0.0614. The Morgan fingerprint density at radius 3 is 2.94 bits per heavy atom. The Kier molecular flexibility index (Phi) is 3.61. The lowest BCUT2D eigenvalue weighted by atomic mass is 10.0. The average Bonchev–Trinajstić information content (AvgIpc) is 3.04. The first-order chi connectivity index (χ1) is 7.77. The van der Waals surface area contributed by atoms with Crippen LogP contribution in [0.25, 0.3) is 0 Å². The van der Waals surface area contributed by atoms with Crippen molar-refractivity contribution in [1.29, 1.82) is 0 Å². The molecule has 16 heavy (non-hydrogen) atoms. The fraction of sp³-hybridized carbons (Fsp3) is 0.750. The zero-order chi connectivity index (χ0) is 11.5. The van der Waals surface area contributed by atoms with Crippen molar-refractivity contribution in [2.45, 2.75) is 44.7 Å². The monoisotopic (exact) mass is 223 g/mol. The number of rotatable bonds is 6. The van der Waals surface area contributed by atoms with Gasteiger partial charge in [-0.15, -0.1) is 0 Å². The van der Waals surface area contributed by atoms with Crippen LogP contribution in [0.2, 0.25) is 0 Å². The molecule has 4 heteroatoms. The third-order valence-electron chi connectivity index (χ3n) is 3.38. The Labute approximate surface area is 96.5 Å². The van der Waals surface area contributed by atoms with Gasteiger partial charge in [0.1, 0.15) is 5.82 Å². The number of hydrogen-bond donors (Lipinski definition) is 2. The van der Waals surface area contributed by atoms with Crippen LogP contribution in [0.4, 0.5) is 0 Å². The van der Waals surface area contributed by atoms with Crippen molar-refractivity contribution >= 4 is 0 Å². The predicted octanol–water partition coefficient (Wildman–Crippen LogP) is 1.11. The molecule has 0 amide bonds. The normalized spacial score (nSPS) is 19.7. The van der Waals surface area contributed by atoms with Crippen molar-refractivity contribution in [3.8, 4) is 0 Å². The van der Waals surface area contributed by atoms with E-state index < -0.39 is 0 Å². The van der Waals surface area contributed by atoms with Gasteiger partial charge in [-0.3, -0.25) is 0 Å². The van der Waals surface area contributed by atoms with Crippen LogP contribution in [0.1, 0.15) is 38.1 Å². The third kappa shape index (κ3) is 2.28. The van der Waals surface area contributed by atoms with Gasteiger partial charge in [-0.25, -0.2) is 4.98 Å². The second-order valence-corrected chi connectivity index (χ2v) is 4.67. The SMILES string of the molecule is CCCc1nccn1C(CO)C(N)C1CC1. The van der Waals surface area contributed by atoms with E-state index in [1.165, 1.54) is 12.8 Å². The zero-order valence-electron chi connectivity index (χ0n) is 9.84. The molecule has 0 radical (unpaired) electrons. The Hall–Kier alpha value is -0.870. The Morgan fingerprint density at radius 1 is 1.62 bits per heavy atom. The molecular formula is C12H21N3O. The average molecular weight is 223 g/mol. The second kappa shape index (κ2) is 4.97. The maximum atomic E-state index is 9.51. The number of aliphatic hydroxyl groups excluding tert-OH is 1. The summed E-state index contributed by atoms with van der Waals surface area (Å²) in [5.74, 6) is 1.63. The Bertz CT molecular complexity index is 333. The van der Waals surface area contributed by atoms with E-state index in [9.17, 15) is 5.11 Å². The predicted molar refractivity (Wildman–Crippen MR) is 63.0 cm³/mol. The highest BCUT2D eigenvalue weighted by Crippen LogP contribution is 2.36. The van der Waals surface area contributed by atoms with Crippen LogP contribution in [-0.2, 0) is 6.42 Å². The van der Waals surface area contributed by atoms with E-state index in [-0.39, 0.29) is 18.7 Å². The number of imidazole rings is 1. The molecule has 0 aliphatic heterocycles. The smallest absolute Gasteiger partial charge is 0.109 e. The summed E-state index contributed by atoms with van der Waals surface area (Å²) < 4.78 is 2.06. The van der Waals surface area contributed by atoms with Crippen molar-refractivity contribution in [2.75, 3.05) is 6.61 Å². The first-order valence-corrected chi connectivity index (χ1v) is 6.16. The lowest BCUT2D eigenvalue weighted by molar-refractivity contribution is 0.196. The van der Waals surface area contributed by atoms with E-state index in [4.69, 9.17) is 5.73 Å². The lowest BCUT2D eigenvalue weighted by Crippen LogP contribution is -2.37. The number of hydrogen-bond acceptors (Lipinski definition) is 3. The number of nitrogens with zero attached hydrogens (tertiary/aromatic N) is 2. The van der Waals surface area contributed by atoms with E-state index in [0.29, 0.717) is 5.92 Å². The minimum Gasteiger partial charge on any atom is -0.394 e. The Morgan fingerprint density at radius 2 is 2.38 bits per heavy atom. The molecule has 3 N–H and O–H groups in total. The molecule has 1 heterocycles. The molecule has 1 aromatic rings. The molecule has 1 saturated carbocycles. The van der Waals surface area contributed by atoms with Gasteiger partial charge in [-0.05, 0) is 25.2 Å². The van der Waals surface area contributed by atoms with E-state index >= 15 is 0 Å². The molecule has 0 aromatic carbocycles. The van der Waals surface area contributed by atoms with Gasteiger partial charge in [-0.2, -0.15) is 0 Å². The fourth-order valence-corrected chi connectivity index (χ4v) is 2.25. The van der Waals surface area contributed by atoms with Crippen molar-refractivity contribution in [2.24, 2.45) is 11.7 Å². The van der Waals surface area contributed by atoms with E-state index in [1.54, 1.807) is 6.20 Å². The second-order valence-electron chi connectivity index (χ2n) is 4.67. The van der Waals surface area contributed by atoms with Crippen LogP contribution in [0, 0.1) is 5.92 Å². The molecule has 1 aromatic heterocycles. The number of aliphatic hydroxyl groups is 1. The molecule has 2 unspecified atom stereocenters. The van der Waals surface area contributed by atoms with Crippen molar-refractivity contribution in [3.05, 3.63) is 18.2 Å². The van der Waals surface area contributed by atoms with Crippen molar-refractivity contribution < 1.29 is 5.11 Å². The first kappa shape index (κ1) is 11.6. The maximum absolute atomic E-state index is 9.51. The van der Waals surface area contributed by atoms with Crippen LogP contribution < -0.4 is 5.73 Å². The van der Waals surface area contributed by atoms with Gasteiger partial charge in [0, 0.05) is 24.9 Å². The largest absolute Gasteiger partial charge is 0.394 e. The summed E-state index contributed by atoms with van der Waals surface area (Å²) in [7, 11) is 0. The molecule has 90 valence electrons. The van der Waals surface area contributed by atoms with Crippen molar-refractivity contribution in [1.82, 2.24) is 9.55 Å². The molecule has 1 fully saturated rings. The van der Waals surface area contributed by atoms with Crippen molar-refractivity contribution in [3.63, 3.8) is 0 Å². The van der Waals surface area contributed by atoms with Crippen LogP contribution in [0.3, 0.4) is 0 Å². The summed E-state index contributed by atoms with van der Waals surface area (Å²) in [6.45, 7) is 2.23. The molecule has 1 aliphatic rings. The third-order valence-corrected chi connectivity index (χ3v) is 3.38. The Balaban J connectivity index is 2.14. The minimum atomic E-state index is -0.00319. The van der Waals surface area contributed by atoms with Gasteiger partial charge in [0.25, 0.3) is 0 Å². The van der Waals surface area contributed by atoms with Crippen LogP contribution in [0.5, 0.6) is 0 Å². The van der Waals surface area contributed by atoms with Gasteiger partial charge < -0.3 is 15.4 Å². The molecule has 4 nitrogen and oxygen atoms in total. The van der Waals surface area contributed by atoms with E-state index in [2.05, 4.69) is 16.5 Å². The summed E-state index contributed by atoms with van der Waals surface area (Å²) >= 11 is 0. The van der Waals surface area contributed by atoms with Gasteiger partial charge in [-0.1, -0.05) is 6.92 Å². The number of nitrogens with two attached hydrogens (primary N) is 1. The van der Waals surface area contributed by atoms with E-state index in [0.717, 1.165) is 18.7 Å². The van der Waals surface area contributed by atoms with Gasteiger partial charge in [0.05, 0.1) is 12.6 Å². The minimum absolute atomic E-state index is 0.00319. The molecule has 0 spiro atoms. The highest BCUT2D eigenvalue weighted by Gasteiger charge is 2.34. The molecule has 2 rings (SSSR count). The van der Waals surface area contributed by atoms with Gasteiger partial charge in [0.2, 0.25) is 0 Å². The summed E-state index contributed by atoms with van der Waals surface area (Å²) in [5, 5.41) is 9.51. The highest BCUT2D eigenvalue weighted by molar-refractivity contribution is 5.00. The molecule has 1 aliphatic carbocycles. The quantitative estimate of drug-likeness (QED) is 0.759. The standard InChI is InChI=1S/C12H21N3O/c1-2-3-11-14-6-7-15(11)10(8-16)12(13)9-4-5-9/h6-7,9-10,12,16H,2-5,8,13H2,1H3. The highest BCUT2D eigenvalue weighted by atomic mass is 16.3. The van der Waals surface area contributed by atoms with Gasteiger partial charge in [0.15, 0.2) is 0 Å². The van der Waals surface area contributed by atoms with Crippen LogP contribution >= 0.6 is 0 Å². The fourth-order valence-electron chi connectivity index (χ4n) is 2.25. The van der Waals surface area contributed by atoms with Gasteiger partial charge >= 0.3 is 0 Å².